The lowest BCUT2D eigenvalue weighted by Crippen LogP contribution is -2.47. The molecule has 0 aromatic rings. The summed E-state index contributed by atoms with van der Waals surface area (Å²) in [6, 6.07) is 0. The molecule has 6 N–H and O–H groups in total. The first-order chi connectivity index (χ1) is 4.57. The molecule has 0 aromatic carbocycles. The Hall–Kier alpha value is -1.30. The van der Waals surface area contributed by atoms with Crippen LogP contribution in [-0.2, 0) is 0 Å². The molecule has 0 aromatic heterocycles. The van der Waals surface area contributed by atoms with Gasteiger partial charge >= 0.3 is 0 Å². The van der Waals surface area contributed by atoms with Gasteiger partial charge in [0.25, 0.3) is 0 Å². The lowest BCUT2D eigenvalue weighted by molar-refractivity contribution is 0.597. The summed E-state index contributed by atoms with van der Waals surface area (Å²) in [5.74, 6) is 4.88. The second kappa shape index (κ2) is 3.67. The Morgan fingerprint density at radius 1 is 1.40 bits per heavy atom. The molecule has 0 amide bonds. The van der Waals surface area contributed by atoms with E-state index in [9.17, 15) is 0 Å². The number of hydrogen-bond donors (Lipinski definition) is 5. The molecule has 0 heterocycles. The zero-order valence-corrected chi connectivity index (χ0v) is 6.02. The number of guanidine groups is 2. The maximum atomic E-state index is 7.16. The Balaban J connectivity index is 3.69. The van der Waals surface area contributed by atoms with Crippen molar-refractivity contribution in [2.75, 3.05) is 14.1 Å². The zero-order chi connectivity index (χ0) is 8.15. The minimum absolute atomic E-state index is 0.0984. The van der Waals surface area contributed by atoms with E-state index in [1.807, 2.05) is 0 Å². The van der Waals surface area contributed by atoms with Gasteiger partial charge in [0, 0.05) is 14.1 Å². The predicted molar refractivity (Wildman–Crippen MR) is 39.6 cm³/mol. The van der Waals surface area contributed by atoms with E-state index in [1.54, 1.807) is 14.1 Å². The maximum Gasteiger partial charge on any atom is 0.209 e. The van der Waals surface area contributed by atoms with E-state index in [0.717, 1.165) is 0 Å². The molecule has 0 saturated carbocycles. The van der Waals surface area contributed by atoms with Gasteiger partial charge in [-0.05, 0) is 0 Å². The molecule has 0 unspecified atom stereocenters. The SMILES string of the molecule is CN(C)C(=N)NC(=N)NN. The van der Waals surface area contributed by atoms with Gasteiger partial charge in [0.1, 0.15) is 0 Å². The van der Waals surface area contributed by atoms with E-state index < -0.39 is 0 Å². The second-order valence-electron chi connectivity index (χ2n) is 1.89. The molecule has 10 heavy (non-hydrogen) atoms. The molecule has 0 radical (unpaired) electrons. The first-order valence-corrected chi connectivity index (χ1v) is 2.66. The van der Waals surface area contributed by atoms with Gasteiger partial charge in [-0.2, -0.15) is 0 Å². The zero-order valence-electron chi connectivity index (χ0n) is 6.02. The van der Waals surface area contributed by atoms with Crippen LogP contribution in [0.25, 0.3) is 0 Å². The molecule has 0 aliphatic rings. The molecule has 0 atom stereocenters. The summed E-state index contributed by atoms with van der Waals surface area (Å²) in [6.45, 7) is 0. The summed E-state index contributed by atoms with van der Waals surface area (Å²) >= 11 is 0. The third kappa shape index (κ3) is 2.88. The average molecular weight is 144 g/mol. The van der Waals surface area contributed by atoms with E-state index in [-0.39, 0.29) is 11.9 Å². The summed E-state index contributed by atoms with van der Waals surface area (Å²) < 4.78 is 0. The molecule has 6 heteroatoms. The summed E-state index contributed by atoms with van der Waals surface area (Å²) in [7, 11) is 3.39. The molecule has 0 fully saturated rings. The largest absolute Gasteiger partial charge is 0.349 e. The number of nitrogens with one attached hydrogen (secondary N) is 4. The molecule has 58 valence electrons. The van der Waals surface area contributed by atoms with Crippen molar-refractivity contribution in [2.45, 2.75) is 0 Å². The second-order valence-corrected chi connectivity index (χ2v) is 1.89. The van der Waals surface area contributed by atoms with Crippen LogP contribution in [0.15, 0.2) is 0 Å². The van der Waals surface area contributed by atoms with E-state index >= 15 is 0 Å². The highest BCUT2D eigenvalue weighted by Crippen LogP contribution is 1.71. The fourth-order valence-electron chi connectivity index (χ4n) is 0.266. The van der Waals surface area contributed by atoms with Crippen molar-refractivity contribution in [1.82, 2.24) is 15.6 Å². The average Bonchev–Trinajstić information content (AvgIpc) is 1.87. The van der Waals surface area contributed by atoms with Crippen LogP contribution in [0, 0.1) is 10.8 Å². The molecule has 0 aliphatic carbocycles. The van der Waals surface area contributed by atoms with Crippen LogP contribution in [0.4, 0.5) is 0 Å². The summed E-state index contributed by atoms with van der Waals surface area (Å²) in [6.07, 6.45) is 0. The van der Waals surface area contributed by atoms with Gasteiger partial charge in [-0.25, -0.2) is 5.84 Å². The maximum absolute atomic E-state index is 7.16. The predicted octanol–water partition coefficient (Wildman–Crippen LogP) is -1.53. The highest BCUT2D eigenvalue weighted by atomic mass is 15.4. The van der Waals surface area contributed by atoms with E-state index in [2.05, 4.69) is 10.7 Å². The standard InChI is InChI=1S/C4H12N6/c1-10(2)4(6)8-3(5)9-7/h7H2,1-2H3,(H4,5,6,8,9). The van der Waals surface area contributed by atoms with Gasteiger partial charge in [-0.15, -0.1) is 0 Å². The van der Waals surface area contributed by atoms with Crippen LogP contribution in [0.1, 0.15) is 0 Å². The van der Waals surface area contributed by atoms with E-state index in [1.165, 1.54) is 4.90 Å². The Kier molecular flexibility index (Phi) is 3.20. The summed E-state index contributed by atoms with van der Waals surface area (Å²) in [5.41, 5.74) is 2.06. The minimum Gasteiger partial charge on any atom is -0.349 e. The van der Waals surface area contributed by atoms with Crippen molar-refractivity contribution in [3.63, 3.8) is 0 Å². The van der Waals surface area contributed by atoms with Gasteiger partial charge in [-0.1, -0.05) is 0 Å². The van der Waals surface area contributed by atoms with Gasteiger partial charge in [0.15, 0.2) is 5.96 Å². The molecule has 0 spiro atoms. The smallest absolute Gasteiger partial charge is 0.209 e. The number of nitrogens with zero attached hydrogens (tertiary/aromatic N) is 1. The van der Waals surface area contributed by atoms with Crippen LogP contribution in [0.2, 0.25) is 0 Å². The molecule has 0 rings (SSSR count). The fourth-order valence-corrected chi connectivity index (χ4v) is 0.266. The lowest BCUT2D eigenvalue weighted by Gasteiger charge is -2.14. The molecule has 0 bridgehead atoms. The van der Waals surface area contributed by atoms with Crippen LogP contribution in [-0.4, -0.2) is 30.9 Å². The summed E-state index contributed by atoms with van der Waals surface area (Å²) in [5, 5.41) is 16.5. The van der Waals surface area contributed by atoms with Gasteiger partial charge in [0.2, 0.25) is 5.96 Å². The normalized spacial score (nSPS) is 8.30. The first kappa shape index (κ1) is 8.70. The van der Waals surface area contributed by atoms with E-state index in [4.69, 9.17) is 16.7 Å². The molecule has 0 aliphatic heterocycles. The Morgan fingerprint density at radius 2 is 1.90 bits per heavy atom. The van der Waals surface area contributed by atoms with Gasteiger partial charge in [0.05, 0.1) is 0 Å². The number of hydrazine groups is 1. The van der Waals surface area contributed by atoms with Crippen molar-refractivity contribution in [3.8, 4) is 0 Å². The third-order valence-corrected chi connectivity index (χ3v) is 0.835. The topological polar surface area (TPSA) is 101 Å². The highest BCUT2D eigenvalue weighted by molar-refractivity contribution is 5.95. The quantitative estimate of drug-likeness (QED) is 0.123. The molecular formula is C4H12N6. The van der Waals surface area contributed by atoms with E-state index in [0.29, 0.717) is 0 Å². The van der Waals surface area contributed by atoms with Gasteiger partial charge in [-0.3, -0.25) is 21.6 Å². The van der Waals surface area contributed by atoms with Gasteiger partial charge < -0.3 is 4.90 Å². The number of rotatable bonds is 0. The molecule has 6 nitrogen and oxygen atoms in total. The van der Waals surface area contributed by atoms with Crippen molar-refractivity contribution in [1.29, 1.82) is 10.8 Å². The minimum atomic E-state index is -0.0984. The molecule has 0 saturated heterocycles. The van der Waals surface area contributed by atoms with Crippen molar-refractivity contribution < 1.29 is 0 Å². The van der Waals surface area contributed by atoms with Crippen LogP contribution >= 0.6 is 0 Å². The lowest BCUT2D eigenvalue weighted by atomic mass is 10.8. The van der Waals surface area contributed by atoms with Crippen molar-refractivity contribution in [3.05, 3.63) is 0 Å². The highest BCUT2D eigenvalue weighted by Gasteiger charge is 1.98. The Morgan fingerprint density at radius 3 is 2.20 bits per heavy atom. The Labute approximate surface area is 59.4 Å². The third-order valence-electron chi connectivity index (χ3n) is 0.835. The molecular weight excluding hydrogens is 132 g/mol. The summed E-state index contributed by atoms with van der Waals surface area (Å²) in [4.78, 5) is 1.52. The van der Waals surface area contributed by atoms with Crippen LogP contribution < -0.4 is 16.6 Å². The Bertz CT molecular complexity index is 139. The van der Waals surface area contributed by atoms with Crippen LogP contribution in [0.3, 0.4) is 0 Å². The van der Waals surface area contributed by atoms with Crippen molar-refractivity contribution >= 4 is 11.9 Å². The monoisotopic (exact) mass is 144 g/mol. The number of nitrogens with two attached hydrogens (primary N) is 1. The first-order valence-electron chi connectivity index (χ1n) is 2.66. The fraction of sp³-hybridized carbons (Fsp3) is 0.500. The van der Waals surface area contributed by atoms with Crippen LogP contribution in [0.5, 0.6) is 0 Å². The number of hydrogen-bond acceptors (Lipinski definition) is 3. The van der Waals surface area contributed by atoms with Crippen molar-refractivity contribution in [2.24, 2.45) is 5.84 Å².